The van der Waals surface area contributed by atoms with Crippen molar-refractivity contribution in [2.24, 2.45) is 16.3 Å². The van der Waals surface area contributed by atoms with Crippen molar-refractivity contribution in [2.45, 2.75) is 72.4 Å². The number of guanidine groups is 1. The number of hydrogen-bond acceptors (Lipinski definition) is 3. The Hall–Kier alpha value is -0.570. The average molecular weight is 494 g/mol. The highest BCUT2D eigenvalue weighted by Crippen LogP contribution is 2.34. The Morgan fingerprint density at radius 2 is 2.00 bits per heavy atom. The van der Waals surface area contributed by atoms with Gasteiger partial charge in [-0.3, -0.25) is 9.79 Å². The van der Waals surface area contributed by atoms with Gasteiger partial charge in [0.15, 0.2) is 5.96 Å². The van der Waals surface area contributed by atoms with Crippen LogP contribution in [0.25, 0.3) is 0 Å². The number of nitrogens with one attached hydrogen (secondary N) is 2. The molecule has 158 valence electrons. The fraction of sp³-hybridized carbons (Fsp3) is 0.900. The molecule has 1 amide bonds. The molecule has 0 radical (unpaired) electrons. The van der Waals surface area contributed by atoms with Gasteiger partial charge in [0.25, 0.3) is 0 Å². The fourth-order valence-corrected chi connectivity index (χ4v) is 4.04. The van der Waals surface area contributed by atoms with E-state index in [9.17, 15) is 4.79 Å². The Balaban J connectivity index is 0.00000364. The van der Waals surface area contributed by atoms with E-state index in [4.69, 9.17) is 9.73 Å². The van der Waals surface area contributed by atoms with Crippen LogP contribution in [0.2, 0.25) is 0 Å². The van der Waals surface area contributed by atoms with Crippen molar-refractivity contribution in [3.63, 3.8) is 0 Å². The molecule has 2 aliphatic rings. The van der Waals surface area contributed by atoms with E-state index >= 15 is 0 Å². The number of carbonyl (C=O) groups is 1. The van der Waals surface area contributed by atoms with Crippen LogP contribution in [0.4, 0.5) is 0 Å². The lowest BCUT2D eigenvalue weighted by Crippen LogP contribution is -2.46. The molecule has 0 aromatic heterocycles. The van der Waals surface area contributed by atoms with Crippen LogP contribution in [0.3, 0.4) is 0 Å². The van der Waals surface area contributed by atoms with Gasteiger partial charge in [0.05, 0.1) is 6.10 Å². The number of ether oxygens (including phenoxy) is 1. The van der Waals surface area contributed by atoms with Gasteiger partial charge in [-0.25, -0.2) is 0 Å². The SMILES string of the molecule is CCNC(=NCC1CCCOC1C(C)(C)C)NC1CCN(C(=O)CC)C1.I. The van der Waals surface area contributed by atoms with E-state index in [1.165, 1.54) is 6.42 Å². The predicted molar refractivity (Wildman–Crippen MR) is 122 cm³/mol. The van der Waals surface area contributed by atoms with Crippen molar-refractivity contribution in [2.75, 3.05) is 32.8 Å². The third-order valence-corrected chi connectivity index (χ3v) is 5.31. The summed E-state index contributed by atoms with van der Waals surface area (Å²) in [5.74, 6) is 1.56. The number of hydrogen-bond donors (Lipinski definition) is 2. The van der Waals surface area contributed by atoms with Crippen molar-refractivity contribution < 1.29 is 9.53 Å². The third kappa shape index (κ3) is 7.40. The molecule has 2 aliphatic heterocycles. The van der Waals surface area contributed by atoms with Crippen LogP contribution in [0.5, 0.6) is 0 Å². The summed E-state index contributed by atoms with van der Waals surface area (Å²) in [6, 6.07) is 0.282. The molecule has 2 heterocycles. The first-order chi connectivity index (χ1) is 12.3. The van der Waals surface area contributed by atoms with Crippen LogP contribution < -0.4 is 10.6 Å². The average Bonchev–Trinajstić information content (AvgIpc) is 3.07. The highest BCUT2D eigenvalue weighted by molar-refractivity contribution is 14.0. The molecule has 7 heteroatoms. The minimum atomic E-state index is 0. The number of likely N-dealkylation sites (tertiary alicyclic amines) is 1. The molecule has 3 atom stereocenters. The summed E-state index contributed by atoms with van der Waals surface area (Å²) >= 11 is 0. The second-order valence-electron chi connectivity index (χ2n) is 8.60. The van der Waals surface area contributed by atoms with Gasteiger partial charge in [0, 0.05) is 51.2 Å². The Labute approximate surface area is 182 Å². The number of aliphatic imine (C=N–C) groups is 1. The van der Waals surface area contributed by atoms with Gasteiger partial charge in [0.2, 0.25) is 5.91 Å². The summed E-state index contributed by atoms with van der Waals surface area (Å²) in [6.45, 7) is 14.8. The maximum absolute atomic E-state index is 11.9. The molecule has 2 fully saturated rings. The second-order valence-corrected chi connectivity index (χ2v) is 8.60. The van der Waals surface area contributed by atoms with Crippen molar-refractivity contribution in [1.82, 2.24) is 15.5 Å². The second kappa shape index (κ2) is 11.4. The maximum atomic E-state index is 11.9. The van der Waals surface area contributed by atoms with Crippen LogP contribution in [0.1, 0.15) is 60.3 Å². The summed E-state index contributed by atoms with van der Waals surface area (Å²) in [7, 11) is 0. The molecule has 2 saturated heterocycles. The normalized spacial score (nSPS) is 26.5. The molecule has 2 N–H and O–H groups in total. The molecule has 2 rings (SSSR count). The van der Waals surface area contributed by atoms with E-state index in [0.717, 1.165) is 51.6 Å². The van der Waals surface area contributed by atoms with E-state index < -0.39 is 0 Å². The van der Waals surface area contributed by atoms with Crippen LogP contribution in [-0.4, -0.2) is 61.7 Å². The summed E-state index contributed by atoms with van der Waals surface area (Å²) in [6.07, 6.45) is 4.11. The Morgan fingerprint density at radius 1 is 1.26 bits per heavy atom. The summed E-state index contributed by atoms with van der Waals surface area (Å²) in [5, 5.41) is 6.88. The number of nitrogens with zero attached hydrogens (tertiary/aromatic N) is 2. The summed E-state index contributed by atoms with van der Waals surface area (Å²) < 4.78 is 6.08. The maximum Gasteiger partial charge on any atom is 0.222 e. The topological polar surface area (TPSA) is 66.0 Å². The molecule has 0 aliphatic carbocycles. The molecule has 0 saturated carbocycles. The molecule has 0 aromatic carbocycles. The monoisotopic (exact) mass is 494 g/mol. The minimum Gasteiger partial charge on any atom is -0.377 e. The van der Waals surface area contributed by atoms with Crippen LogP contribution in [0, 0.1) is 11.3 Å². The summed E-state index contributed by atoms with van der Waals surface area (Å²) in [4.78, 5) is 18.7. The zero-order valence-corrected chi connectivity index (χ0v) is 20.0. The van der Waals surface area contributed by atoms with Gasteiger partial charge in [-0.05, 0) is 31.6 Å². The lowest BCUT2D eigenvalue weighted by molar-refractivity contribution is -0.129. The van der Waals surface area contributed by atoms with Crippen molar-refractivity contribution in [1.29, 1.82) is 0 Å². The van der Waals surface area contributed by atoms with Gasteiger partial charge >= 0.3 is 0 Å². The molecule has 3 unspecified atom stereocenters. The number of rotatable bonds is 5. The molecule has 6 nitrogen and oxygen atoms in total. The van der Waals surface area contributed by atoms with E-state index in [1.807, 2.05) is 11.8 Å². The zero-order chi connectivity index (χ0) is 19.2. The van der Waals surface area contributed by atoms with Gasteiger partial charge in [-0.1, -0.05) is 27.7 Å². The minimum absolute atomic E-state index is 0. The first kappa shape index (κ1) is 24.5. The molecular formula is C20H39IN4O2. The zero-order valence-electron chi connectivity index (χ0n) is 17.7. The van der Waals surface area contributed by atoms with Crippen LogP contribution in [-0.2, 0) is 9.53 Å². The first-order valence-corrected chi connectivity index (χ1v) is 10.3. The lowest BCUT2D eigenvalue weighted by Gasteiger charge is -2.39. The Bertz CT molecular complexity index is 493. The molecule has 0 spiro atoms. The van der Waals surface area contributed by atoms with Crippen molar-refractivity contribution in [3.8, 4) is 0 Å². The Morgan fingerprint density at radius 3 is 2.63 bits per heavy atom. The molecule has 27 heavy (non-hydrogen) atoms. The smallest absolute Gasteiger partial charge is 0.222 e. The van der Waals surface area contributed by atoms with Crippen molar-refractivity contribution >= 4 is 35.8 Å². The lowest BCUT2D eigenvalue weighted by atomic mass is 9.78. The van der Waals surface area contributed by atoms with Crippen LogP contribution >= 0.6 is 24.0 Å². The van der Waals surface area contributed by atoms with E-state index in [1.54, 1.807) is 0 Å². The molecular weight excluding hydrogens is 455 g/mol. The standard InChI is InChI=1S/C20H38N4O2.HI/c1-6-17(25)24-11-10-16(14-24)23-19(21-7-2)22-13-15-9-8-12-26-18(15)20(3,4)5;/h15-16,18H,6-14H2,1-5H3,(H2,21,22,23);1H. The third-order valence-electron chi connectivity index (χ3n) is 5.31. The number of amides is 1. The number of carbonyl (C=O) groups excluding carboxylic acids is 1. The molecule has 0 bridgehead atoms. The summed E-state index contributed by atoms with van der Waals surface area (Å²) in [5.41, 5.74) is 0.138. The van der Waals surface area contributed by atoms with Gasteiger partial charge < -0.3 is 20.3 Å². The first-order valence-electron chi connectivity index (χ1n) is 10.3. The van der Waals surface area contributed by atoms with Gasteiger partial charge in [-0.2, -0.15) is 0 Å². The van der Waals surface area contributed by atoms with E-state index in [2.05, 4.69) is 38.3 Å². The van der Waals surface area contributed by atoms with Crippen molar-refractivity contribution in [3.05, 3.63) is 0 Å². The largest absolute Gasteiger partial charge is 0.377 e. The molecule has 0 aromatic rings. The quantitative estimate of drug-likeness (QED) is 0.351. The Kier molecular flexibility index (Phi) is 10.4. The van der Waals surface area contributed by atoms with Crippen LogP contribution in [0.15, 0.2) is 4.99 Å². The highest BCUT2D eigenvalue weighted by Gasteiger charge is 2.35. The van der Waals surface area contributed by atoms with E-state index in [-0.39, 0.29) is 47.4 Å². The van der Waals surface area contributed by atoms with Gasteiger partial charge in [0.1, 0.15) is 0 Å². The fourth-order valence-electron chi connectivity index (χ4n) is 4.04. The van der Waals surface area contributed by atoms with Gasteiger partial charge in [-0.15, -0.1) is 24.0 Å². The van der Waals surface area contributed by atoms with E-state index in [0.29, 0.717) is 12.3 Å². The predicted octanol–water partition coefficient (Wildman–Crippen LogP) is 3.01. The highest BCUT2D eigenvalue weighted by atomic mass is 127. The number of halogens is 1.